The lowest BCUT2D eigenvalue weighted by atomic mass is 9.90. The number of carbonyl (C=O) groups excluding carboxylic acids is 2. The third-order valence-corrected chi connectivity index (χ3v) is 5.22. The van der Waals surface area contributed by atoms with E-state index in [0.717, 1.165) is 16.8 Å². The second kappa shape index (κ2) is 6.95. The van der Waals surface area contributed by atoms with Crippen LogP contribution in [0.15, 0.2) is 36.4 Å². The first kappa shape index (κ1) is 19.0. The Kier molecular flexibility index (Phi) is 4.56. The van der Waals surface area contributed by atoms with E-state index in [0.29, 0.717) is 24.4 Å². The Bertz CT molecular complexity index is 992. The summed E-state index contributed by atoms with van der Waals surface area (Å²) in [6.07, 6.45) is 0.546. The average molecular weight is 398 g/mol. The third kappa shape index (κ3) is 3.70. The minimum Gasteiger partial charge on any atom is -0.487 e. The van der Waals surface area contributed by atoms with Crippen LogP contribution in [-0.2, 0) is 6.54 Å². The van der Waals surface area contributed by atoms with Gasteiger partial charge in [0.25, 0.3) is 0 Å². The van der Waals surface area contributed by atoms with Gasteiger partial charge in [0.15, 0.2) is 0 Å². The van der Waals surface area contributed by atoms with Gasteiger partial charge in [-0.25, -0.2) is 14.0 Å². The zero-order valence-corrected chi connectivity index (χ0v) is 16.5. The molecule has 3 N–H and O–H groups in total. The van der Waals surface area contributed by atoms with Gasteiger partial charge < -0.3 is 20.7 Å². The molecule has 0 spiro atoms. The second-order valence-corrected chi connectivity index (χ2v) is 7.92. The lowest BCUT2D eigenvalue weighted by molar-refractivity contribution is 0.0678. The van der Waals surface area contributed by atoms with Gasteiger partial charge in [-0.3, -0.25) is 4.90 Å². The normalized spacial score (nSPS) is 19.4. The average Bonchev–Trinajstić information content (AvgIpc) is 2.63. The Hall–Kier alpha value is -3.29. The lowest BCUT2D eigenvalue weighted by Gasteiger charge is -2.38. The first-order valence-corrected chi connectivity index (χ1v) is 9.43. The Morgan fingerprint density at radius 1 is 1.31 bits per heavy atom. The number of halogens is 1. The predicted molar refractivity (Wildman–Crippen MR) is 108 cm³/mol. The molecule has 2 heterocycles. The van der Waals surface area contributed by atoms with Gasteiger partial charge in [0, 0.05) is 42.9 Å². The van der Waals surface area contributed by atoms with E-state index in [1.807, 2.05) is 19.9 Å². The maximum Gasteiger partial charge on any atom is 0.321 e. The highest BCUT2D eigenvalue weighted by Gasteiger charge is 2.35. The minimum atomic E-state index is -0.544. The van der Waals surface area contributed by atoms with Gasteiger partial charge in [0.1, 0.15) is 17.2 Å². The van der Waals surface area contributed by atoms with Crippen molar-refractivity contribution < 1.29 is 18.7 Å². The molecule has 2 aliphatic heterocycles. The summed E-state index contributed by atoms with van der Waals surface area (Å²) in [5.41, 5.74) is 2.40. The molecule has 4 rings (SSSR count). The van der Waals surface area contributed by atoms with Crippen LogP contribution in [0.5, 0.6) is 5.75 Å². The van der Waals surface area contributed by atoms with Crippen LogP contribution in [0, 0.1) is 5.82 Å². The lowest BCUT2D eigenvalue weighted by Crippen LogP contribution is -2.43. The minimum absolute atomic E-state index is 0.188. The number of hydrogen-bond acceptors (Lipinski definition) is 3. The largest absolute Gasteiger partial charge is 0.487 e. The highest BCUT2D eigenvalue weighted by molar-refractivity contribution is 5.98. The first-order valence-electron chi connectivity index (χ1n) is 9.43. The van der Waals surface area contributed by atoms with Gasteiger partial charge in [0.2, 0.25) is 0 Å². The van der Waals surface area contributed by atoms with Crippen molar-refractivity contribution in [3.63, 3.8) is 0 Å². The van der Waals surface area contributed by atoms with Crippen molar-refractivity contribution in [2.75, 3.05) is 17.3 Å². The summed E-state index contributed by atoms with van der Waals surface area (Å²) in [6.45, 7) is 4.14. The number of amides is 4. The van der Waals surface area contributed by atoms with Crippen LogP contribution in [0.4, 0.5) is 25.4 Å². The van der Waals surface area contributed by atoms with Crippen molar-refractivity contribution >= 4 is 23.4 Å². The van der Waals surface area contributed by atoms with Crippen molar-refractivity contribution in [1.82, 2.24) is 10.6 Å². The van der Waals surface area contributed by atoms with Gasteiger partial charge in [-0.15, -0.1) is 0 Å². The molecule has 29 heavy (non-hydrogen) atoms. The molecule has 0 fully saturated rings. The molecule has 0 bridgehead atoms. The molecule has 4 amide bonds. The highest BCUT2D eigenvalue weighted by Crippen LogP contribution is 2.40. The number of rotatable bonds is 2. The zero-order chi connectivity index (χ0) is 20.8. The van der Waals surface area contributed by atoms with Crippen LogP contribution in [-0.4, -0.2) is 24.7 Å². The smallest absolute Gasteiger partial charge is 0.321 e. The van der Waals surface area contributed by atoms with Crippen LogP contribution < -0.4 is 25.6 Å². The van der Waals surface area contributed by atoms with E-state index in [1.165, 1.54) is 17.0 Å². The Morgan fingerprint density at radius 2 is 2.10 bits per heavy atom. The summed E-state index contributed by atoms with van der Waals surface area (Å²) < 4.78 is 19.5. The fraction of sp³-hybridized carbons (Fsp3) is 0.333. The van der Waals surface area contributed by atoms with Crippen molar-refractivity contribution in [2.45, 2.75) is 38.5 Å². The van der Waals surface area contributed by atoms with Gasteiger partial charge in [-0.2, -0.15) is 0 Å². The SMILES string of the molecule is CN1C(=O)NCc2c(NC(=O)N[C@@H]3CC(C)(C)Oc4cc(F)ccc43)cccc21. The monoisotopic (exact) mass is 398 g/mol. The van der Waals surface area contributed by atoms with Crippen LogP contribution in [0.2, 0.25) is 0 Å². The fourth-order valence-corrected chi connectivity index (χ4v) is 3.85. The summed E-state index contributed by atoms with van der Waals surface area (Å²) in [5.74, 6) is 0.0553. The van der Waals surface area contributed by atoms with Crippen LogP contribution >= 0.6 is 0 Å². The molecule has 2 aromatic carbocycles. The molecule has 0 unspecified atom stereocenters. The molecule has 8 heteroatoms. The maximum absolute atomic E-state index is 13.6. The Balaban J connectivity index is 1.55. The van der Waals surface area contributed by atoms with Gasteiger partial charge >= 0.3 is 12.1 Å². The van der Waals surface area contributed by atoms with Gasteiger partial charge in [-0.05, 0) is 32.0 Å². The van der Waals surface area contributed by atoms with E-state index in [1.54, 1.807) is 25.2 Å². The molecule has 2 aromatic rings. The highest BCUT2D eigenvalue weighted by atomic mass is 19.1. The van der Waals surface area contributed by atoms with Gasteiger partial charge in [0.05, 0.1) is 11.7 Å². The molecule has 152 valence electrons. The molecule has 0 aliphatic carbocycles. The van der Waals surface area contributed by atoms with E-state index in [-0.39, 0.29) is 23.9 Å². The van der Waals surface area contributed by atoms with Crippen molar-refractivity contribution in [1.29, 1.82) is 0 Å². The molecule has 2 aliphatic rings. The second-order valence-electron chi connectivity index (χ2n) is 7.92. The molecule has 0 saturated heterocycles. The van der Waals surface area contributed by atoms with Crippen molar-refractivity contribution in [3.05, 3.63) is 53.3 Å². The van der Waals surface area contributed by atoms with Crippen molar-refractivity contribution in [2.24, 2.45) is 0 Å². The van der Waals surface area contributed by atoms with E-state index < -0.39 is 5.60 Å². The maximum atomic E-state index is 13.6. The van der Waals surface area contributed by atoms with Crippen LogP contribution in [0.1, 0.15) is 37.4 Å². The number of ether oxygens (including phenoxy) is 1. The number of nitrogens with one attached hydrogen (secondary N) is 3. The number of carbonyl (C=O) groups is 2. The number of fused-ring (bicyclic) bond motifs is 2. The number of nitrogens with zero attached hydrogens (tertiary/aromatic N) is 1. The predicted octanol–water partition coefficient (Wildman–Crippen LogP) is 3.91. The summed E-state index contributed by atoms with van der Waals surface area (Å²) in [7, 11) is 1.68. The van der Waals surface area contributed by atoms with Crippen molar-refractivity contribution in [3.8, 4) is 5.75 Å². The van der Waals surface area contributed by atoms with E-state index >= 15 is 0 Å². The van der Waals surface area contributed by atoms with E-state index in [4.69, 9.17) is 4.74 Å². The quantitative estimate of drug-likeness (QED) is 0.717. The Morgan fingerprint density at radius 3 is 2.90 bits per heavy atom. The summed E-state index contributed by atoms with van der Waals surface area (Å²) in [6, 6.07) is 8.87. The summed E-state index contributed by atoms with van der Waals surface area (Å²) in [5, 5.41) is 8.63. The standard InChI is InChI=1S/C21H23FN4O3/c1-21(2)10-16(13-8-7-12(22)9-18(13)29-21)25-19(27)24-15-5-4-6-17-14(15)11-23-20(28)26(17)3/h4-9,16H,10-11H2,1-3H3,(H,23,28)(H2,24,25,27)/t16-/m1/s1. The summed E-state index contributed by atoms with van der Waals surface area (Å²) >= 11 is 0. The molecule has 0 saturated carbocycles. The molecular formula is C21H23FN4O3. The number of hydrogen-bond donors (Lipinski definition) is 3. The summed E-state index contributed by atoms with van der Waals surface area (Å²) in [4.78, 5) is 26.1. The topological polar surface area (TPSA) is 82.7 Å². The third-order valence-electron chi connectivity index (χ3n) is 5.22. The molecule has 7 nitrogen and oxygen atoms in total. The number of benzene rings is 2. The molecule has 1 atom stereocenters. The zero-order valence-electron chi connectivity index (χ0n) is 16.5. The molecule has 0 aromatic heterocycles. The fourth-order valence-electron chi connectivity index (χ4n) is 3.85. The molecule has 0 radical (unpaired) electrons. The van der Waals surface area contributed by atoms with E-state index in [9.17, 15) is 14.0 Å². The first-order chi connectivity index (χ1) is 13.7. The van der Waals surface area contributed by atoms with Crippen LogP contribution in [0.3, 0.4) is 0 Å². The molecular weight excluding hydrogens is 375 g/mol. The number of urea groups is 2. The van der Waals surface area contributed by atoms with Crippen LogP contribution in [0.25, 0.3) is 0 Å². The van der Waals surface area contributed by atoms with Gasteiger partial charge in [-0.1, -0.05) is 12.1 Å². The number of anilines is 2. The van der Waals surface area contributed by atoms with E-state index in [2.05, 4.69) is 16.0 Å². The Labute approximate surface area is 168 Å².